The molecule has 0 fully saturated rings. The zero-order valence-corrected chi connectivity index (χ0v) is 10.3. The molecule has 1 heterocycles. The fraction of sp³-hybridized carbons (Fsp3) is 0.0714. The molecule has 0 aliphatic carbocycles. The van der Waals surface area contributed by atoms with Crippen LogP contribution in [0.3, 0.4) is 0 Å². The first kappa shape index (κ1) is 13.8. The summed E-state index contributed by atoms with van der Waals surface area (Å²) < 4.78 is 33.7. The van der Waals surface area contributed by atoms with Crippen molar-refractivity contribution in [3.05, 3.63) is 54.5 Å². The summed E-state index contributed by atoms with van der Waals surface area (Å²) in [6, 6.07) is 9.31. The van der Waals surface area contributed by atoms with Crippen LogP contribution in [0.15, 0.2) is 53.2 Å². The fourth-order valence-corrected chi connectivity index (χ4v) is 1.49. The molecule has 0 aliphatic rings. The number of hydrogen-bond donors (Lipinski definition) is 1. The van der Waals surface area contributed by atoms with Crippen molar-refractivity contribution in [1.82, 2.24) is 0 Å². The summed E-state index contributed by atoms with van der Waals surface area (Å²) in [6.45, 7) is -2.95. The highest BCUT2D eigenvalue weighted by Crippen LogP contribution is 2.25. The van der Waals surface area contributed by atoms with Crippen molar-refractivity contribution in [2.24, 2.45) is 0 Å². The Morgan fingerprint density at radius 2 is 2.05 bits per heavy atom. The van der Waals surface area contributed by atoms with Gasteiger partial charge >= 0.3 is 6.61 Å². The number of anilines is 1. The lowest BCUT2D eigenvalue weighted by Crippen LogP contribution is -2.11. The van der Waals surface area contributed by atoms with Crippen LogP contribution >= 0.6 is 0 Å². The van der Waals surface area contributed by atoms with E-state index in [1.165, 1.54) is 36.6 Å². The van der Waals surface area contributed by atoms with Crippen molar-refractivity contribution in [3.8, 4) is 5.75 Å². The van der Waals surface area contributed by atoms with Crippen molar-refractivity contribution in [3.63, 3.8) is 0 Å². The molecular weight excluding hydrogens is 268 g/mol. The minimum absolute atomic E-state index is 0.0951. The second-order valence-electron chi connectivity index (χ2n) is 3.71. The zero-order valence-electron chi connectivity index (χ0n) is 10.3. The van der Waals surface area contributed by atoms with Gasteiger partial charge in [0.1, 0.15) is 11.5 Å². The number of carbonyl (C=O) groups excluding carboxylic acids is 1. The van der Waals surface area contributed by atoms with Gasteiger partial charge in [-0.05, 0) is 30.3 Å². The molecule has 104 valence electrons. The molecule has 1 aromatic carbocycles. The lowest BCUT2D eigenvalue weighted by Gasteiger charge is -2.10. The average molecular weight is 279 g/mol. The Kier molecular flexibility index (Phi) is 4.49. The molecule has 1 N–H and O–H groups in total. The highest BCUT2D eigenvalue weighted by Gasteiger charge is 2.10. The third-order valence-corrected chi connectivity index (χ3v) is 2.30. The van der Waals surface area contributed by atoms with Crippen LogP contribution in [0.2, 0.25) is 0 Å². The Balaban J connectivity index is 2.04. The smallest absolute Gasteiger partial charge is 0.387 e. The molecule has 1 aromatic heterocycles. The first-order valence-corrected chi connectivity index (χ1v) is 5.71. The molecule has 0 bridgehead atoms. The van der Waals surface area contributed by atoms with Gasteiger partial charge in [-0.25, -0.2) is 0 Å². The molecule has 0 radical (unpaired) electrons. The number of hydrogen-bond acceptors (Lipinski definition) is 3. The van der Waals surface area contributed by atoms with Crippen LogP contribution in [-0.4, -0.2) is 12.5 Å². The lowest BCUT2D eigenvalue weighted by molar-refractivity contribution is -0.111. The standard InChI is InChI=1S/C14H11F2NO3/c15-14(16)20-12-6-2-1-5-11(12)17-13(18)8-7-10-4-3-9-19-10/h1-9,14H,(H,17,18). The van der Waals surface area contributed by atoms with E-state index >= 15 is 0 Å². The molecule has 0 aliphatic heterocycles. The Hall–Kier alpha value is -2.63. The molecule has 2 aromatic rings. The Morgan fingerprint density at radius 3 is 2.75 bits per heavy atom. The summed E-state index contributed by atoms with van der Waals surface area (Å²) in [5.41, 5.74) is 0.168. The van der Waals surface area contributed by atoms with E-state index in [0.717, 1.165) is 0 Å². The topological polar surface area (TPSA) is 51.5 Å². The van der Waals surface area contributed by atoms with Gasteiger partial charge in [-0.15, -0.1) is 0 Å². The van der Waals surface area contributed by atoms with Crippen molar-refractivity contribution < 1.29 is 22.7 Å². The van der Waals surface area contributed by atoms with E-state index in [1.807, 2.05) is 0 Å². The first-order chi connectivity index (χ1) is 9.65. The SMILES string of the molecule is O=C(C=Cc1ccco1)Nc1ccccc1OC(F)F. The third-order valence-electron chi connectivity index (χ3n) is 2.30. The van der Waals surface area contributed by atoms with Gasteiger partial charge < -0.3 is 14.5 Å². The molecule has 0 atom stereocenters. The molecule has 6 heteroatoms. The van der Waals surface area contributed by atoms with Crippen LogP contribution in [0.5, 0.6) is 5.75 Å². The highest BCUT2D eigenvalue weighted by atomic mass is 19.3. The van der Waals surface area contributed by atoms with E-state index < -0.39 is 12.5 Å². The van der Waals surface area contributed by atoms with E-state index in [2.05, 4.69) is 10.1 Å². The van der Waals surface area contributed by atoms with Crippen LogP contribution in [0.4, 0.5) is 14.5 Å². The Morgan fingerprint density at radius 1 is 1.25 bits per heavy atom. The molecular formula is C14H11F2NO3. The van der Waals surface area contributed by atoms with Crippen molar-refractivity contribution in [2.75, 3.05) is 5.32 Å². The van der Waals surface area contributed by atoms with E-state index in [9.17, 15) is 13.6 Å². The van der Waals surface area contributed by atoms with Crippen LogP contribution in [0.1, 0.15) is 5.76 Å². The van der Waals surface area contributed by atoms with Crippen LogP contribution < -0.4 is 10.1 Å². The molecule has 0 spiro atoms. The summed E-state index contributed by atoms with van der Waals surface area (Å²) >= 11 is 0. The van der Waals surface area contributed by atoms with Gasteiger partial charge in [-0.2, -0.15) is 8.78 Å². The van der Waals surface area contributed by atoms with Gasteiger partial charge in [-0.3, -0.25) is 4.79 Å². The molecule has 20 heavy (non-hydrogen) atoms. The number of amides is 1. The van der Waals surface area contributed by atoms with Crippen molar-refractivity contribution >= 4 is 17.7 Å². The zero-order chi connectivity index (χ0) is 14.4. The second kappa shape index (κ2) is 6.51. The molecule has 0 saturated heterocycles. The fourth-order valence-electron chi connectivity index (χ4n) is 1.49. The number of ether oxygens (including phenoxy) is 1. The van der Waals surface area contributed by atoms with E-state index in [0.29, 0.717) is 5.76 Å². The number of para-hydroxylation sites is 2. The third kappa shape index (κ3) is 3.94. The maximum atomic E-state index is 12.2. The predicted octanol–water partition coefficient (Wildman–Crippen LogP) is 3.53. The van der Waals surface area contributed by atoms with Crippen LogP contribution in [0, 0.1) is 0 Å². The van der Waals surface area contributed by atoms with Crippen LogP contribution in [-0.2, 0) is 4.79 Å². The Labute approximate surface area is 113 Å². The lowest BCUT2D eigenvalue weighted by atomic mass is 10.3. The quantitative estimate of drug-likeness (QED) is 0.852. The number of benzene rings is 1. The minimum atomic E-state index is -2.95. The molecule has 4 nitrogen and oxygen atoms in total. The van der Waals surface area contributed by atoms with Gasteiger partial charge in [0.25, 0.3) is 0 Å². The number of rotatable bonds is 5. The largest absolute Gasteiger partial charge is 0.465 e. The molecule has 0 unspecified atom stereocenters. The average Bonchev–Trinajstić information content (AvgIpc) is 2.91. The van der Waals surface area contributed by atoms with Gasteiger partial charge in [-0.1, -0.05) is 12.1 Å². The van der Waals surface area contributed by atoms with Gasteiger partial charge in [0.15, 0.2) is 0 Å². The molecule has 2 rings (SSSR count). The second-order valence-corrected chi connectivity index (χ2v) is 3.71. The molecule has 0 saturated carbocycles. The Bertz CT molecular complexity index is 594. The summed E-state index contributed by atoms with van der Waals surface area (Å²) in [5, 5.41) is 2.45. The summed E-state index contributed by atoms with van der Waals surface area (Å²) in [5.74, 6) is -0.0637. The maximum absolute atomic E-state index is 12.2. The van der Waals surface area contributed by atoms with Crippen molar-refractivity contribution in [1.29, 1.82) is 0 Å². The number of carbonyl (C=O) groups is 1. The number of furan rings is 1. The van der Waals surface area contributed by atoms with Crippen LogP contribution in [0.25, 0.3) is 6.08 Å². The van der Waals surface area contributed by atoms with Gasteiger partial charge in [0.2, 0.25) is 5.91 Å². The first-order valence-electron chi connectivity index (χ1n) is 5.71. The summed E-state index contributed by atoms with van der Waals surface area (Å²) in [4.78, 5) is 11.7. The number of alkyl halides is 2. The summed E-state index contributed by atoms with van der Waals surface area (Å²) in [7, 11) is 0. The maximum Gasteiger partial charge on any atom is 0.387 e. The minimum Gasteiger partial charge on any atom is -0.465 e. The normalized spacial score (nSPS) is 10.9. The monoisotopic (exact) mass is 279 g/mol. The van der Waals surface area contributed by atoms with Gasteiger partial charge in [0.05, 0.1) is 12.0 Å². The van der Waals surface area contributed by atoms with Crippen molar-refractivity contribution in [2.45, 2.75) is 6.61 Å². The molecule has 1 amide bonds. The van der Waals surface area contributed by atoms with E-state index in [1.54, 1.807) is 18.2 Å². The van der Waals surface area contributed by atoms with E-state index in [4.69, 9.17) is 4.42 Å². The number of nitrogens with one attached hydrogen (secondary N) is 1. The highest BCUT2D eigenvalue weighted by molar-refractivity contribution is 6.02. The number of halogens is 2. The van der Waals surface area contributed by atoms with Gasteiger partial charge in [0, 0.05) is 6.08 Å². The summed E-state index contributed by atoms with van der Waals surface area (Å²) in [6.07, 6.45) is 4.17. The predicted molar refractivity (Wildman–Crippen MR) is 69.4 cm³/mol. The van der Waals surface area contributed by atoms with E-state index in [-0.39, 0.29) is 11.4 Å².